The number of amides is 3. The van der Waals surface area contributed by atoms with Crippen LogP contribution in [0.4, 0.5) is 5.69 Å². The topological polar surface area (TPSA) is 114 Å². The highest BCUT2D eigenvalue weighted by Gasteiger charge is 2.34. The van der Waals surface area contributed by atoms with Gasteiger partial charge in [-0.15, -0.1) is 0 Å². The lowest BCUT2D eigenvalue weighted by Crippen LogP contribution is -2.49. The smallest absolute Gasteiger partial charge is 0.287 e. The fraction of sp³-hybridized carbons (Fsp3) is 0.333. The second-order valence-electron chi connectivity index (χ2n) is 8.65. The molecule has 1 atom stereocenters. The Kier molecular flexibility index (Phi) is 8.33. The van der Waals surface area contributed by atoms with Crippen molar-refractivity contribution >= 4 is 23.4 Å². The third-order valence-electron chi connectivity index (χ3n) is 6.23. The van der Waals surface area contributed by atoms with E-state index in [4.69, 9.17) is 9.15 Å². The number of carbonyl (C=O) groups excluding carboxylic acids is 3. The standard InChI is InChI=1S/C27H30N4O5/c1-35-22-13-11-19(12-14-22)25(27(34)30-20-7-3-2-4-8-20)31(21-9-5-15-28-17-21)24(32)18-29-26(33)23-10-6-16-36-23/h5-6,9-17,20,25H,2-4,7-8,18H2,1H3,(H,29,33)(H,30,34). The lowest BCUT2D eigenvalue weighted by Gasteiger charge is -2.33. The maximum atomic E-state index is 13.8. The summed E-state index contributed by atoms with van der Waals surface area (Å²) in [4.78, 5) is 45.3. The predicted octanol–water partition coefficient (Wildman–Crippen LogP) is 3.64. The number of methoxy groups -OCH3 is 1. The number of hydrogen-bond donors (Lipinski definition) is 2. The van der Waals surface area contributed by atoms with Gasteiger partial charge in [0, 0.05) is 12.2 Å². The van der Waals surface area contributed by atoms with Crippen molar-refractivity contribution in [2.24, 2.45) is 0 Å². The van der Waals surface area contributed by atoms with E-state index in [1.165, 1.54) is 23.4 Å². The molecule has 1 aliphatic rings. The molecule has 3 aromatic rings. The Bertz CT molecular complexity index is 1140. The number of nitrogens with zero attached hydrogens (tertiary/aromatic N) is 2. The van der Waals surface area contributed by atoms with Crippen LogP contribution >= 0.6 is 0 Å². The maximum Gasteiger partial charge on any atom is 0.287 e. The van der Waals surface area contributed by atoms with Crippen LogP contribution in [0.1, 0.15) is 54.3 Å². The normalized spacial score (nSPS) is 14.5. The van der Waals surface area contributed by atoms with Gasteiger partial charge in [0.25, 0.3) is 5.91 Å². The summed E-state index contributed by atoms with van der Waals surface area (Å²) in [5, 5.41) is 5.74. The molecule has 1 fully saturated rings. The van der Waals surface area contributed by atoms with E-state index in [0.29, 0.717) is 17.0 Å². The molecule has 188 valence electrons. The lowest BCUT2D eigenvalue weighted by atomic mass is 9.94. The van der Waals surface area contributed by atoms with Gasteiger partial charge in [0.2, 0.25) is 11.8 Å². The van der Waals surface area contributed by atoms with Crippen LogP contribution in [-0.2, 0) is 9.59 Å². The Labute approximate surface area is 209 Å². The summed E-state index contributed by atoms with van der Waals surface area (Å²) in [6.07, 6.45) is 9.58. The number of pyridine rings is 1. The molecule has 36 heavy (non-hydrogen) atoms. The van der Waals surface area contributed by atoms with Crippen molar-refractivity contribution in [3.05, 3.63) is 78.5 Å². The Morgan fingerprint density at radius 1 is 1.08 bits per heavy atom. The first-order valence-corrected chi connectivity index (χ1v) is 12.0. The minimum Gasteiger partial charge on any atom is -0.497 e. The number of carbonyl (C=O) groups is 3. The fourth-order valence-corrected chi connectivity index (χ4v) is 4.40. The second-order valence-corrected chi connectivity index (χ2v) is 8.65. The summed E-state index contributed by atoms with van der Waals surface area (Å²) in [7, 11) is 1.56. The summed E-state index contributed by atoms with van der Waals surface area (Å²) in [5.41, 5.74) is 1.05. The average Bonchev–Trinajstić information content (AvgIpc) is 3.46. The third-order valence-corrected chi connectivity index (χ3v) is 6.23. The van der Waals surface area contributed by atoms with E-state index in [9.17, 15) is 14.4 Å². The molecule has 2 N–H and O–H groups in total. The summed E-state index contributed by atoms with van der Waals surface area (Å²) >= 11 is 0. The van der Waals surface area contributed by atoms with Gasteiger partial charge in [0.05, 0.1) is 31.8 Å². The van der Waals surface area contributed by atoms with Crippen molar-refractivity contribution in [1.82, 2.24) is 15.6 Å². The zero-order valence-corrected chi connectivity index (χ0v) is 20.2. The molecule has 1 saturated carbocycles. The van der Waals surface area contributed by atoms with Crippen molar-refractivity contribution in [3.63, 3.8) is 0 Å². The molecule has 0 saturated heterocycles. The Morgan fingerprint density at radius 3 is 2.50 bits per heavy atom. The van der Waals surface area contributed by atoms with Gasteiger partial charge in [-0.2, -0.15) is 0 Å². The molecule has 2 aromatic heterocycles. The highest BCUT2D eigenvalue weighted by molar-refractivity contribution is 6.04. The maximum absolute atomic E-state index is 13.8. The number of aromatic nitrogens is 1. The molecule has 1 unspecified atom stereocenters. The molecule has 1 aromatic carbocycles. The molecule has 9 nitrogen and oxygen atoms in total. The predicted molar refractivity (Wildman–Crippen MR) is 134 cm³/mol. The third kappa shape index (κ3) is 6.10. The Morgan fingerprint density at radius 2 is 1.86 bits per heavy atom. The Hall–Kier alpha value is -4.14. The van der Waals surface area contributed by atoms with E-state index < -0.39 is 17.9 Å². The number of furan rings is 1. The van der Waals surface area contributed by atoms with Crippen molar-refractivity contribution in [1.29, 1.82) is 0 Å². The van der Waals surface area contributed by atoms with E-state index in [0.717, 1.165) is 32.1 Å². The van der Waals surface area contributed by atoms with Gasteiger partial charge >= 0.3 is 0 Å². The van der Waals surface area contributed by atoms with Crippen LogP contribution in [0.5, 0.6) is 5.75 Å². The summed E-state index contributed by atoms with van der Waals surface area (Å²) in [6, 6.07) is 12.6. The highest BCUT2D eigenvalue weighted by atomic mass is 16.5. The van der Waals surface area contributed by atoms with Crippen molar-refractivity contribution in [3.8, 4) is 5.75 Å². The van der Waals surface area contributed by atoms with Crippen LogP contribution in [0.15, 0.2) is 71.6 Å². The summed E-state index contributed by atoms with van der Waals surface area (Å²) < 4.78 is 10.4. The molecule has 0 bridgehead atoms. The number of rotatable bonds is 9. The van der Waals surface area contributed by atoms with E-state index in [1.54, 1.807) is 55.8 Å². The van der Waals surface area contributed by atoms with Crippen molar-refractivity contribution in [2.75, 3.05) is 18.6 Å². The minimum atomic E-state index is -0.977. The van der Waals surface area contributed by atoms with E-state index in [-0.39, 0.29) is 24.3 Å². The lowest BCUT2D eigenvalue weighted by molar-refractivity contribution is -0.127. The van der Waals surface area contributed by atoms with Gasteiger partial charge < -0.3 is 19.8 Å². The van der Waals surface area contributed by atoms with Crippen LogP contribution in [0, 0.1) is 0 Å². The number of anilines is 1. The zero-order chi connectivity index (χ0) is 25.3. The zero-order valence-electron chi connectivity index (χ0n) is 20.2. The van der Waals surface area contributed by atoms with Crippen molar-refractivity contribution < 1.29 is 23.5 Å². The summed E-state index contributed by atoms with van der Waals surface area (Å²) in [6.45, 7) is -0.336. The van der Waals surface area contributed by atoms with Crippen LogP contribution in [0.3, 0.4) is 0 Å². The molecule has 0 spiro atoms. The van der Waals surface area contributed by atoms with Gasteiger partial charge in [-0.1, -0.05) is 31.4 Å². The van der Waals surface area contributed by atoms with E-state index in [1.807, 2.05) is 0 Å². The van der Waals surface area contributed by atoms with Crippen LogP contribution < -0.4 is 20.3 Å². The molecule has 4 rings (SSSR count). The Balaban J connectivity index is 1.65. The van der Waals surface area contributed by atoms with E-state index >= 15 is 0 Å². The average molecular weight is 491 g/mol. The number of nitrogens with one attached hydrogen (secondary N) is 2. The largest absolute Gasteiger partial charge is 0.497 e. The molecular weight excluding hydrogens is 460 g/mol. The number of hydrogen-bond acceptors (Lipinski definition) is 6. The second kappa shape index (κ2) is 12.0. The monoisotopic (exact) mass is 490 g/mol. The first-order chi connectivity index (χ1) is 17.6. The van der Waals surface area contributed by atoms with Gasteiger partial charge in [0.15, 0.2) is 5.76 Å². The first kappa shape index (κ1) is 25.0. The SMILES string of the molecule is COc1ccc(C(C(=O)NC2CCCCC2)N(C(=O)CNC(=O)c2ccco2)c2cccnc2)cc1. The molecule has 2 heterocycles. The van der Waals surface area contributed by atoms with Crippen LogP contribution in [0.25, 0.3) is 0 Å². The van der Waals surface area contributed by atoms with E-state index in [2.05, 4.69) is 15.6 Å². The van der Waals surface area contributed by atoms with Crippen LogP contribution in [-0.4, -0.2) is 42.4 Å². The highest BCUT2D eigenvalue weighted by Crippen LogP contribution is 2.29. The quantitative estimate of drug-likeness (QED) is 0.474. The number of benzene rings is 1. The van der Waals surface area contributed by atoms with Gasteiger partial charge in [-0.05, 0) is 54.8 Å². The molecule has 9 heteroatoms. The molecule has 0 aliphatic heterocycles. The van der Waals surface area contributed by atoms with Gasteiger partial charge in [-0.3, -0.25) is 24.3 Å². The molecular formula is C27H30N4O5. The summed E-state index contributed by atoms with van der Waals surface area (Å²) in [5.74, 6) is -0.552. The minimum absolute atomic E-state index is 0.0523. The molecule has 0 radical (unpaired) electrons. The molecule has 3 amide bonds. The van der Waals surface area contributed by atoms with Gasteiger partial charge in [0.1, 0.15) is 11.8 Å². The fourth-order valence-electron chi connectivity index (χ4n) is 4.40. The van der Waals surface area contributed by atoms with Crippen LogP contribution in [0.2, 0.25) is 0 Å². The molecule has 1 aliphatic carbocycles. The van der Waals surface area contributed by atoms with Gasteiger partial charge in [-0.25, -0.2) is 0 Å². The number of ether oxygens (including phenoxy) is 1. The first-order valence-electron chi connectivity index (χ1n) is 12.0. The van der Waals surface area contributed by atoms with Crippen molar-refractivity contribution in [2.45, 2.75) is 44.2 Å².